The van der Waals surface area contributed by atoms with Gasteiger partial charge in [0.2, 0.25) is 0 Å². The van der Waals surface area contributed by atoms with Crippen molar-refractivity contribution in [3.63, 3.8) is 0 Å². The normalized spacial score (nSPS) is 11.6. The van der Waals surface area contributed by atoms with E-state index in [4.69, 9.17) is 0 Å². The predicted molar refractivity (Wildman–Crippen MR) is 151 cm³/mol. The van der Waals surface area contributed by atoms with E-state index >= 15 is 0 Å². The van der Waals surface area contributed by atoms with Crippen LogP contribution in [0.4, 0.5) is 0 Å². The summed E-state index contributed by atoms with van der Waals surface area (Å²) < 4.78 is 0. The second-order valence-corrected chi connectivity index (χ2v) is 15.1. The molecule has 196 valence electrons. The standard InChI is InChI=1S/C30H64P.HI/c1-5-9-13-17-18-22-26-30-31(27-23-19-14-10-6-2,28-24-20-15-11-7-3)29-25-21-16-12-8-4;/h5-30H2,1-4H3;1H/q+1;/p-1. The van der Waals surface area contributed by atoms with E-state index in [1.165, 1.54) is 116 Å². The number of unbranched alkanes of at least 4 members (excludes halogenated alkanes) is 18. The van der Waals surface area contributed by atoms with Crippen molar-refractivity contribution in [1.82, 2.24) is 0 Å². The van der Waals surface area contributed by atoms with Crippen LogP contribution >= 0.6 is 7.26 Å². The highest BCUT2D eigenvalue weighted by Gasteiger charge is 2.34. The highest BCUT2D eigenvalue weighted by Crippen LogP contribution is 2.61. The number of hydrogen-bond acceptors (Lipinski definition) is 0. The first kappa shape index (κ1) is 35.3. The summed E-state index contributed by atoms with van der Waals surface area (Å²) in [6.07, 6.45) is 39.1. The molecule has 0 aromatic heterocycles. The van der Waals surface area contributed by atoms with Gasteiger partial charge in [0.25, 0.3) is 0 Å². The Balaban J connectivity index is 0. The molecule has 32 heavy (non-hydrogen) atoms. The fraction of sp³-hybridized carbons (Fsp3) is 1.00. The van der Waals surface area contributed by atoms with Gasteiger partial charge in [-0.25, -0.2) is 0 Å². The SMILES string of the molecule is CCCCCCCCC[P+](CCCCCCC)(CCCCCCC)CCCCCCC.[I-]. The number of rotatable bonds is 26. The van der Waals surface area contributed by atoms with Gasteiger partial charge in [0.05, 0.1) is 24.6 Å². The van der Waals surface area contributed by atoms with Crippen molar-refractivity contribution >= 4 is 7.26 Å². The zero-order chi connectivity index (χ0) is 22.9. The fourth-order valence-electron chi connectivity index (χ4n) is 5.23. The Morgan fingerprint density at radius 1 is 0.281 bits per heavy atom. The van der Waals surface area contributed by atoms with Crippen LogP contribution in [0, 0.1) is 0 Å². The third-order valence-corrected chi connectivity index (χ3v) is 12.5. The molecule has 0 rings (SSSR count). The largest absolute Gasteiger partial charge is 1.00 e. The summed E-state index contributed by atoms with van der Waals surface area (Å²) in [6, 6.07) is 0. The lowest BCUT2D eigenvalue weighted by Crippen LogP contribution is -3.00. The first-order valence-electron chi connectivity index (χ1n) is 15.1. The summed E-state index contributed by atoms with van der Waals surface area (Å²) in [4.78, 5) is 0. The van der Waals surface area contributed by atoms with Gasteiger partial charge in [0, 0.05) is 7.26 Å². The van der Waals surface area contributed by atoms with Gasteiger partial charge in [-0.1, -0.05) is 118 Å². The molecule has 0 N–H and O–H groups in total. The summed E-state index contributed by atoms with van der Waals surface area (Å²) in [5.41, 5.74) is 0. The third-order valence-electron chi connectivity index (χ3n) is 7.44. The lowest BCUT2D eigenvalue weighted by molar-refractivity contribution is -0.00000712. The summed E-state index contributed by atoms with van der Waals surface area (Å²) in [6.45, 7) is 9.39. The Bertz CT molecular complexity index is 295. The Hall–Kier alpha value is 1.16. The van der Waals surface area contributed by atoms with Crippen molar-refractivity contribution < 1.29 is 24.0 Å². The van der Waals surface area contributed by atoms with E-state index < -0.39 is 7.26 Å². The highest BCUT2D eigenvalue weighted by molar-refractivity contribution is 7.75. The Morgan fingerprint density at radius 3 is 0.688 bits per heavy atom. The van der Waals surface area contributed by atoms with E-state index in [1.807, 2.05) is 0 Å². The van der Waals surface area contributed by atoms with Crippen LogP contribution in [-0.2, 0) is 0 Å². The highest BCUT2D eigenvalue weighted by atomic mass is 127. The molecule has 0 nitrogen and oxygen atoms in total. The molecule has 0 bridgehead atoms. The number of hydrogen-bond donors (Lipinski definition) is 0. The molecule has 0 aliphatic carbocycles. The Morgan fingerprint density at radius 2 is 0.469 bits per heavy atom. The molecule has 0 atom stereocenters. The van der Waals surface area contributed by atoms with Crippen LogP contribution < -0.4 is 24.0 Å². The van der Waals surface area contributed by atoms with Crippen LogP contribution in [-0.4, -0.2) is 24.6 Å². The first-order valence-corrected chi connectivity index (χ1v) is 17.6. The predicted octanol–water partition coefficient (Wildman–Crippen LogP) is 8.67. The zero-order valence-electron chi connectivity index (χ0n) is 23.2. The fourth-order valence-corrected chi connectivity index (χ4v) is 10.1. The molecule has 0 saturated heterocycles. The molecular formula is C30H64IP. The molecule has 0 aromatic rings. The zero-order valence-corrected chi connectivity index (χ0v) is 26.3. The summed E-state index contributed by atoms with van der Waals surface area (Å²) in [5.74, 6) is 0. The average Bonchev–Trinajstić information content (AvgIpc) is 2.78. The van der Waals surface area contributed by atoms with Crippen molar-refractivity contribution in [2.24, 2.45) is 0 Å². The molecular weight excluding hydrogens is 518 g/mol. The van der Waals surface area contributed by atoms with Crippen molar-refractivity contribution in [3.05, 3.63) is 0 Å². The van der Waals surface area contributed by atoms with Crippen molar-refractivity contribution in [3.8, 4) is 0 Å². The second-order valence-electron chi connectivity index (χ2n) is 10.6. The molecule has 0 aromatic carbocycles. The molecule has 0 heterocycles. The molecule has 2 heteroatoms. The lowest BCUT2D eigenvalue weighted by atomic mass is 10.1. The maximum Gasteiger partial charge on any atom is 0.0594 e. The van der Waals surface area contributed by atoms with E-state index in [0.717, 1.165) is 0 Å². The minimum absolute atomic E-state index is 0. The summed E-state index contributed by atoms with van der Waals surface area (Å²) >= 11 is 0. The van der Waals surface area contributed by atoms with E-state index in [9.17, 15) is 0 Å². The quantitative estimate of drug-likeness (QED) is 0.0544. The van der Waals surface area contributed by atoms with Gasteiger partial charge in [-0.05, 0) is 51.4 Å². The van der Waals surface area contributed by atoms with E-state index in [2.05, 4.69) is 27.7 Å². The van der Waals surface area contributed by atoms with E-state index in [0.29, 0.717) is 0 Å². The van der Waals surface area contributed by atoms with Crippen LogP contribution in [0.5, 0.6) is 0 Å². The van der Waals surface area contributed by atoms with Gasteiger partial charge in [0.15, 0.2) is 0 Å². The second kappa shape index (κ2) is 28.4. The maximum atomic E-state index is 2.35. The first-order chi connectivity index (χ1) is 15.2. The van der Waals surface area contributed by atoms with Crippen LogP contribution in [0.2, 0.25) is 0 Å². The number of halogens is 1. The van der Waals surface area contributed by atoms with Gasteiger partial charge in [-0.15, -0.1) is 0 Å². The molecule has 0 spiro atoms. The molecule has 0 aliphatic rings. The van der Waals surface area contributed by atoms with Crippen LogP contribution in [0.1, 0.15) is 169 Å². The average molecular weight is 583 g/mol. The van der Waals surface area contributed by atoms with Crippen LogP contribution in [0.3, 0.4) is 0 Å². The van der Waals surface area contributed by atoms with Crippen LogP contribution in [0.15, 0.2) is 0 Å². The third kappa shape index (κ3) is 22.9. The summed E-state index contributed by atoms with van der Waals surface area (Å²) in [5, 5.41) is 0. The van der Waals surface area contributed by atoms with Gasteiger partial charge >= 0.3 is 0 Å². The van der Waals surface area contributed by atoms with Crippen LogP contribution in [0.25, 0.3) is 0 Å². The lowest BCUT2D eigenvalue weighted by Gasteiger charge is -2.28. The Labute approximate surface area is 224 Å². The van der Waals surface area contributed by atoms with E-state index in [1.54, 1.807) is 50.3 Å². The molecule has 0 radical (unpaired) electrons. The van der Waals surface area contributed by atoms with Crippen molar-refractivity contribution in [2.45, 2.75) is 169 Å². The molecule has 0 unspecified atom stereocenters. The van der Waals surface area contributed by atoms with Gasteiger partial charge < -0.3 is 24.0 Å². The van der Waals surface area contributed by atoms with Gasteiger partial charge in [-0.2, -0.15) is 0 Å². The molecule has 0 amide bonds. The van der Waals surface area contributed by atoms with Crippen molar-refractivity contribution in [2.75, 3.05) is 24.6 Å². The summed E-state index contributed by atoms with van der Waals surface area (Å²) in [7, 11) is -0.703. The maximum absolute atomic E-state index is 2.35. The monoisotopic (exact) mass is 582 g/mol. The smallest absolute Gasteiger partial charge is 0.0594 e. The van der Waals surface area contributed by atoms with Gasteiger partial charge in [0.1, 0.15) is 0 Å². The van der Waals surface area contributed by atoms with E-state index in [-0.39, 0.29) is 24.0 Å². The van der Waals surface area contributed by atoms with Gasteiger partial charge in [-0.3, -0.25) is 0 Å². The molecule has 0 saturated carbocycles. The minimum atomic E-state index is -0.703. The topological polar surface area (TPSA) is 0 Å². The molecule has 0 fully saturated rings. The Kier molecular flexibility index (Phi) is 31.3. The van der Waals surface area contributed by atoms with Crippen molar-refractivity contribution in [1.29, 1.82) is 0 Å². The minimum Gasteiger partial charge on any atom is -1.00 e. The molecule has 0 aliphatic heterocycles.